The molecule has 7 heteroatoms. The van der Waals surface area contributed by atoms with Gasteiger partial charge in [0.05, 0.1) is 10.9 Å². The van der Waals surface area contributed by atoms with Gasteiger partial charge in [0.2, 0.25) is 0 Å². The number of nitrogens with zero attached hydrogens (tertiary/aromatic N) is 2. The Balaban J connectivity index is 2.24. The fourth-order valence-corrected chi connectivity index (χ4v) is 2.32. The summed E-state index contributed by atoms with van der Waals surface area (Å²) in [6.45, 7) is 0. The maximum atomic E-state index is 12.7. The number of hydrogen-bond acceptors (Lipinski definition) is 3. The maximum Gasteiger partial charge on any atom is 0.416 e. The van der Waals surface area contributed by atoms with Crippen LogP contribution in [0, 0.1) is 0 Å². The summed E-state index contributed by atoms with van der Waals surface area (Å²) >= 11 is 0. The van der Waals surface area contributed by atoms with Gasteiger partial charge in [0.15, 0.2) is 0 Å². The summed E-state index contributed by atoms with van der Waals surface area (Å²) in [5.41, 5.74) is -0.347. The lowest BCUT2D eigenvalue weighted by Crippen LogP contribution is -2.28. The second kappa shape index (κ2) is 5.42. The first kappa shape index (κ1) is 15.1. The fourth-order valence-electron chi connectivity index (χ4n) is 2.32. The van der Waals surface area contributed by atoms with E-state index in [9.17, 15) is 18.0 Å². The van der Waals surface area contributed by atoms with E-state index in [2.05, 4.69) is 5.10 Å². The van der Waals surface area contributed by atoms with E-state index in [0.29, 0.717) is 22.0 Å². The Kier molecular flexibility index (Phi) is 3.55. The minimum absolute atomic E-state index is 0.371. The molecule has 118 valence electrons. The van der Waals surface area contributed by atoms with Crippen molar-refractivity contribution in [3.8, 4) is 11.3 Å². The molecule has 23 heavy (non-hydrogen) atoms. The van der Waals surface area contributed by atoms with E-state index < -0.39 is 17.3 Å². The summed E-state index contributed by atoms with van der Waals surface area (Å²) in [6, 6.07) is 11.3. The molecule has 0 spiro atoms. The highest BCUT2D eigenvalue weighted by Crippen LogP contribution is 2.31. The number of alkyl halides is 3. The van der Waals surface area contributed by atoms with Crippen LogP contribution in [-0.2, 0) is 6.18 Å². The largest absolute Gasteiger partial charge is 0.416 e. The van der Waals surface area contributed by atoms with Gasteiger partial charge in [0, 0.05) is 10.9 Å². The molecule has 0 fully saturated rings. The molecule has 0 saturated carbocycles. The molecule has 1 heterocycles. The Morgan fingerprint density at radius 2 is 1.61 bits per heavy atom. The molecule has 1 aromatic heterocycles. The van der Waals surface area contributed by atoms with Gasteiger partial charge in [-0.1, -0.05) is 35.2 Å². The lowest BCUT2D eigenvalue weighted by atomic mass is 10.0. The van der Waals surface area contributed by atoms with Crippen molar-refractivity contribution in [2.75, 3.05) is 7.11 Å². The third-order valence-electron chi connectivity index (χ3n) is 3.44. The Labute approximate surface area is 128 Å². The number of hydrogen-bond donors (Lipinski definition) is 0. The van der Waals surface area contributed by atoms with E-state index in [4.69, 9.17) is 4.84 Å². The molecule has 0 atom stereocenters. The highest BCUT2D eigenvalue weighted by molar-refractivity contribution is 5.93. The van der Waals surface area contributed by atoms with E-state index in [0.717, 1.165) is 17.0 Å². The summed E-state index contributed by atoms with van der Waals surface area (Å²) in [7, 11) is 1.29. The monoisotopic (exact) mass is 320 g/mol. The number of aromatic nitrogens is 2. The Hall–Kier alpha value is -2.83. The molecule has 0 aliphatic rings. The van der Waals surface area contributed by atoms with Crippen molar-refractivity contribution in [1.82, 2.24) is 9.94 Å². The van der Waals surface area contributed by atoms with Crippen LogP contribution in [0.2, 0.25) is 0 Å². The molecule has 0 aliphatic heterocycles. The molecule has 3 aromatic rings. The third-order valence-corrected chi connectivity index (χ3v) is 3.44. The standard InChI is InChI=1S/C16H11F3N2O2/c1-23-21-15(22)13-5-3-2-4-12(13)14(20-21)10-6-8-11(9-7-10)16(17,18)19/h2-9H,1H3. The number of halogens is 3. The lowest BCUT2D eigenvalue weighted by Gasteiger charge is -2.11. The summed E-state index contributed by atoms with van der Waals surface area (Å²) < 4.78 is 38.0. The van der Waals surface area contributed by atoms with Crippen LogP contribution < -0.4 is 10.4 Å². The van der Waals surface area contributed by atoms with E-state index in [1.807, 2.05) is 0 Å². The van der Waals surface area contributed by atoms with Gasteiger partial charge in [0.1, 0.15) is 12.8 Å². The minimum Gasteiger partial charge on any atom is -0.397 e. The van der Waals surface area contributed by atoms with E-state index >= 15 is 0 Å². The van der Waals surface area contributed by atoms with Gasteiger partial charge >= 0.3 is 11.7 Å². The zero-order valence-corrected chi connectivity index (χ0v) is 12.0. The summed E-state index contributed by atoms with van der Waals surface area (Å²) in [4.78, 5) is 17.9. The molecule has 0 unspecified atom stereocenters. The third kappa shape index (κ3) is 2.65. The Bertz CT molecular complexity index is 915. The molecule has 0 aliphatic carbocycles. The van der Waals surface area contributed by atoms with Crippen molar-refractivity contribution >= 4 is 10.8 Å². The highest BCUT2D eigenvalue weighted by atomic mass is 19.4. The smallest absolute Gasteiger partial charge is 0.397 e. The van der Waals surface area contributed by atoms with Crippen LogP contribution in [0.3, 0.4) is 0 Å². The minimum atomic E-state index is -4.40. The molecular weight excluding hydrogens is 309 g/mol. The molecule has 4 nitrogen and oxygen atoms in total. The van der Waals surface area contributed by atoms with E-state index in [-0.39, 0.29) is 0 Å². The van der Waals surface area contributed by atoms with Crippen LogP contribution in [0.15, 0.2) is 53.3 Å². The Morgan fingerprint density at radius 3 is 2.17 bits per heavy atom. The maximum absolute atomic E-state index is 12.7. The second-order valence-electron chi connectivity index (χ2n) is 4.83. The van der Waals surface area contributed by atoms with Crippen LogP contribution in [0.1, 0.15) is 5.56 Å². The van der Waals surface area contributed by atoms with Gasteiger partial charge < -0.3 is 4.84 Å². The molecule has 2 aromatic carbocycles. The van der Waals surface area contributed by atoms with Crippen LogP contribution in [-0.4, -0.2) is 17.1 Å². The topological polar surface area (TPSA) is 44.1 Å². The first-order valence-corrected chi connectivity index (χ1v) is 6.66. The van der Waals surface area contributed by atoms with Gasteiger partial charge in [-0.05, 0) is 18.2 Å². The summed E-state index contributed by atoms with van der Waals surface area (Å²) in [5, 5.41) is 5.00. The molecule has 3 rings (SSSR count). The average Bonchev–Trinajstić information content (AvgIpc) is 2.55. The first-order chi connectivity index (χ1) is 10.9. The van der Waals surface area contributed by atoms with Gasteiger partial charge in [0.25, 0.3) is 0 Å². The molecule has 0 amide bonds. The lowest BCUT2D eigenvalue weighted by molar-refractivity contribution is -0.137. The number of benzene rings is 2. The first-order valence-electron chi connectivity index (χ1n) is 6.66. The summed E-state index contributed by atoms with van der Waals surface area (Å²) in [5.74, 6) is 0. The predicted octanol–water partition coefficient (Wildman–Crippen LogP) is 3.14. The van der Waals surface area contributed by atoms with Gasteiger partial charge in [-0.15, -0.1) is 5.10 Å². The van der Waals surface area contributed by atoms with Crippen molar-refractivity contribution < 1.29 is 18.0 Å². The normalized spacial score (nSPS) is 11.7. The average molecular weight is 320 g/mol. The quantitative estimate of drug-likeness (QED) is 0.728. The molecule has 0 N–H and O–H groups in total. The summed E-state index contributed by atoms with van der Waals surface area (Å²) in [6.07, 6.45) is -4.40. The number of rotatable bonds is 2. The van der Waals surface area contributed by atoms with E-state index in [1.54, 1.807) is 24.3 Å². The van der Waals surface area contributed by atoms with Crippen molar-refractivity contribution in [3.63, 3.8) is 0 Å². The second-order valence-corrected chi connectivity index (χ2v) is 4.83. The van der Waals surface area contributed by atoms with Gasteiger partial charge in [-0.2, -0.15) is 13.2 Å². The van der Waals surface area contributed by atoms with E-state index in [1.165, 1.54) is 19.2 Å². The van der Waals surface area contributed by atoms with Crippen LogP contribution in [0.25, 0.3) is 22.0 Å². The fraction of sp³-hybridized carbons (Fsp3) is 0.125. The van der Waals surface area contributed by atoms with Crippen molar-refractivity contribution in [2.24, 2.45) is 0 Å². The van der Waals surface area contributed by atoms with Crippen LogP contribution in [0.5, 0.6) is 0 Å². The predicted molar refractivity (Wildman–Crippen MR) is 78.9 cm³/mol. The van der Waals surface area contributed by atoms with Crippen molar-refractivity contribution in [2.45, 2.75) is 6.18 Å². The molecular formula is C16H11F3N2O2. The molecule has 0 radical (unpaired) electrons. The van der Waals surface area contributed by atoms with Gasteiger partial charge in [-0.25, -0.2) is 0 Å². The van der Waals surface area contributed by atoms with Gasteiger partial charge in [-0.3, -0.25) is 4.79 Å². The van der Waals surface area contributed by atoms with Crippen LogP contribution in [0.4, 0.5) is 13.2 Å². The molecule has 0 saturated heterocycles. The van der Waals surface area contributed by atoms with Crippen molar-refractivity contribution in [1.29, 1.82) is 0 Å². The van der Waals surface area contributed by atoms with Crippen molar-refractivity contribution in [3.05, 3.63) is 64.4 Å². The zero-order valence-electron chi connectivity index (χ0n) is 12.0. The van der Waals surface area contributed by atoms with Crippen LogP contribution >= 0.6 is 0 Å². The zero-order chi connectivity index (χ0) is 16.6. The number of fused-ring (bicyclic) bond motifs is 1. The highest BCUT2D eigenvalue weighted by Gasteiger charge is 2.30. The SMILES string of the molecule is COn1nc(-c2ccc(C(F)(F)F)cc2)c2ccccc2c1=O. The Morgan fingerprint density at radius 1 is 1.00 bits per heavy atom. The molecule has 0 bridgehead atoms.